The van der Waals surface area contributed by atoms with Gasteiger partial charge >= 0.3 is 5.97 Å². The Morgan fingerprint density at radius 3 is 2.35 bits per heavy atom. The number of fused-ring (bicyclic) bond motifs is 1. The van der Waals surface area contributed by atoms with Crippen molar-refractivity contribution in [2.45, 2.75) is 12.3 Å². The summed E-state index contributed by atoms with van der Waals surface area (Å²) in [5, 5.41) is 20.4. The number of aliphatic hydroxyl groups excluding tert-OH is 1. The smallest absolute Gasteiger partial charge is 0.306 e. The van der Waals surface area contributed by atoms with Gasteiger partial charge < -0.3 is 14.9 Å². The molecule has 0 saturated heterocycles. The number of Topliss-reactive ketones (excluding diaryl/α,β-unsaturated/α-hetero) is 2. The molecule has 2 aromatic rings. The molecule has 0 amide bonds. The minimum Gasteiger partial charge on any atom is -0.508 e. The van der Waals surface area contributed by atoms with Crippen LogP contribution in [0.4, 0.5) is 0 Å². The number of allylic oxidation sites excluding steroid dienone is 1. The van der Waals surface area contributed by atoms with Gasteiger partial charge in [-0.25, -0.2) is 0 Å². The fourth-order valence-electron chi connectivity index (χ4n) is 3.09. The van der Waals surface area contributed by atoms with Crippen molar-refractivity contribution in [1.29, 1.82) is 0 Å². The minimum atomic E-state index is -0.931. The molecule has 6 heteroatoms. The molecule has 2 aromatic carbocycles. The van der Waals surface area contributed by atoms with Gasteiger partial charge in [-0.1, -0.05) is 36.4 Å². The van der Waals surface area contributed by atoms with Crippen molar-refractivity contribution < 1.29 is 29.3 Å². The van der Waals surface area contributed by atoms with Crippen molar-refractivity contribution in [3.8, 4) is 5.75 Å². The predicted molar refractivity (Wildman–Crippen MR) is 92.8 cm³/mol. The molecular weight excluding hydrogens is 336 g/mol. The molecule has 6 nitrogen and oxygen atoms in total. The molecular formula is C20H16O6. The van der Waals surface area contributed by atoms with Crippen LogP contribution >= 0.6 is 0 Å². The summed E-state index contributed by atoms with van der Waals surface area (Å²) in [4.78, 5) is 37.0. The van der Waals surface area contributed by atoms with Gasteiger partial charge in [0, 0.05) is 17.0 Å². The van der Waals surface area contributed by atoms with Crippen LogP contribution in [0, 0.1) is 0 Å². The number of methoxy groups -OCH3 is 1. The third kappa shape index (κ3) is 2.97. The summed E-state index contributed by atoms with van der Waals surface area (Å²) in [6, 6.07) is 12.2. The molecule has 1 atom stereocenters. The van der Waals surface area contributed by atoms with E-state index in [-0.39, 0.29) is 34.6 Å². The van der Waals surface area contributed by atoms with Gasteiger partial charge in [-0.05, 0) is 17.7 Å². The highest BCUT2D eigenvalue weighted by molar-refractivity contribution is 6.52. The van der Waals surface area contributed by atoms with Crippen LogP contribution in [0.15, 0.2) is 54.1 Å². The van der Waals surface area contributed by atoms with E-state index in [1.807, 2.05) is 0 Å². The monoisotopic (exact) mass is 352 g/mol. The zero-order valence-electron chi connectivity index (χ0n) is 13.9. The van der Waals surface area contributed by atoms with E-state index >= 15 is 0 Å². The number of phenols is 1. The summed E-state index contributed by atoms with van der Waals surface area (Å²) >= 11 is 0. The summed E-state index contributed by atoms with van der Waals surface area (Å²) in [5.74, 6) is -3.58. The lowest BCUT2D eigenvalue weighted by Crippen LogP contribution is -2.28. The highest BCUT2D eigenvalue weighted by Crippen LogP contribution is 2.38. The third-order valence-electron chi connectivity index (χ3n) is 4.35. The number of phenolic OH excluding ortho intramolecular Hbond substituents is 1. The zero-order valence-corrected chi connectivity index (χ0v) is 13.9. The molecule has 1 unspecified atom stereocenters. The van der Waals surface area contributed by atoms with Crippen molar-refractivity contribution in [3.05, 3.63) is 70.8 Å². The Morgan fingerprint density at radius 2 is 1.69 bits per heavy atom. The van der Waals surface area contributed by atoms with Gasteiger partial charge in [-0.2, -0.15) is 0 Å². The van der Waals surface area contributed by atoms with E-state index in [1.54, 1.807) is 24.3 Å². The number of aliphatic hydroxyl groups is 1. The maximum absolute atomic E-state index is 12.7. The Morgan fingerprint density at radius 1 is 1.00 bits per heavy atom. The van der Waals surface area contributed by atoms with Crippen molar-refractivity contribution in [3.63, 3.8) is 0 Å². The molecule has 0 radical (unpaired) electrons. The Labute approximate surface area is 149 Å². The van der Waals surface area contributed by atoms with Gasteiger partial charge in [0.2, 0.25) is 11.6 Å². The number of rotatable bonds is 4. The largest absolute Gasteiger partial charge is 0.508 e. The van der Waals surface area contributed by atoms with Crippen molar-refractivity contribution in [2.75, 3.05) is 7.11 Å². The van der Waals surface area contributed by atoms with E-state index in [0.717, 1.165) is 0 Å². The van der Waals surface area contributed by atoms with Crippen LogP contribution in [-0.4, -0.2) is 34.9 Å². The minimum absolute atomic E-state index is 0.0626. The molecule has 0 fully saturated rings. The van der Waals surface area contributed by atoms with Crippen LogP contribution in [0.2, 0.25) is 0 Å². The summed E-state index contributed by atoms with van der Waals surface area (Å²) in [7, 11) is 1.21. The first-order valence-corrected chi connectivity index (χ1v) is 7.91. The Balaban J connectivity index is 2.21. The summed E-state index contributed by atoms with van der Waals surface area (Å²) < 4.78 is 4.69. The second kappa shape index (κ2) is 6.84. The number of esters is 1. The molecule has 0 heterocycles. The molecule has 1 aliphatic rings. The average Bonchev–Trinajstić information content (AvgIpc) is 2.65. The lowest BCUT2D eigenvalue weighted by molar-refractivity contribution is -0.140. The first-order valence-electron chi connectivity index (χ1n) is 7.91. The van der Waals surface area contributed by atoms with E-state index in [2.05, 4.69) is 4.74 Å². The molecule has 0 saturated carbocycles. The molecule has 132 valence electrons. The zero-order chi connectivity index (χ0) is 18.8. The van der Waals surface area contributed by atoms with Crippen LogP contribution in [0.1, 0.15) is 33.8 Å². The lowest BCUT2D eigenvalue weighted by Gasteiger charge is -2.24. The average molecular weight is 352 g/mol. The van der Waals surface area contributed by atoms with Gasteiger partial charge in [-0.15, -0.1) is 0 Å². The fraction of sp³-hybridized carbons (Fsp3) is 0.150. The Kier molecular flexibility index (Phi) is 4.58. The maximum Gasteiger partial charge on any atom is 0.306 e. The molecule has 0 aliphatic heterocycles. The molecule has 0 spiro atoms. The van der Waals surface area contributed by atoms with Gasteiger partial charge in [0.15, 0.2) is 0 Å². The highest BCUT2D eigenvalue weighted by atomic mass is 16.5. The van der Waals surface area contributed by atoms with Gasteiger partial charge in [0.1, 0.15) is 11.5 Å². The number of hydrogen-bond donors (Lipinski definition) is 2. The first kappa shape index (κ1) is 17.4. The number of benzene rings is 2. The number of hydrogen-bond acceptors (Lipinski definition) is 6. The van der Waals surface area contributed by atoms with E-state index in [4.69, 9.17) is 0 Å². The normalized spacial score (nSPS) is 14.8. The van der Waals surface area contributed by atoms with Crippen molar-refractivity contribution in [1.82, 2.24) is 0 Å². The van der Waals surface area contributed by atoms with Crippen molar-refractivity contribution >= 4 is 23.3 Å². The molecule has 26 heavy (non-hydrogen) atoms. The second-order valence-electron chi connectivity index (χ2n) is 5.89. The standard InChI is InChI=1S/C20H16O6/c1-26-16(22)10-15(11-5-4-6-12(21)9-11)17-18(23)13-7-2-3-8-14(13)19(24)20(17)25/h2-9,15,21,23H,10H2,1H3. The number of ketones is 2. The maximum atomic E-state index is 12.7. The molecule has 2 N–H and O–H groups in total. The summed E-state index contributed by atoms with van der Waals surface area (Å²) in [5.41, 5.74) is 0.593. The first-order chi connectivity index (χ1) is 12.4. The summed E-state index contributed by atoms with van der Waals surface area (Å²) in [6.45, 7) is 0. The van der Waals surface area contributed by atoms with Crippen LogP contribution in [0.3, 0.4) is 0 Å². The molecule has 1 aliphatic carbocycles. The van der Waals surface area contributed by atoms with Gasteiger partial charge in [0.25, 0.3) is 0 Å². The number of carbonyl (C=O) groups excluding carboxylic acids is 3. The number of ether oxygens (including phenoxy) is 1. The fourth-order valence-corrected chi connectivity index (χ4v) is 3.09. The molecule has 0 aromatic heterocycles. The van der Waals surface area contributed by atoms with Crippen LogP contribution in [0.5, 0.6) is 5.75 Å². The van der Waals surface area contributed by atoms with Gasteiger partial charge in [-0.3, -0.25) is 14.4 Å². The van der Waals surface area contributed by atoms with Crippen LogP contribution in [-0.2, 0) is 14.3 Å². The number of carbonyl (C=O) groups is 3. The summed E-state index contributed by atoms with van der Waals surface area (Å²) in [6.07, 6.45) is -0.263. The van der Waals surface area contributed by atoms with Crippen molar-refractivity contribution in [2.24, 2.45) is 0 Å². The SMILES string of the molecule is COC(=O)CC(C1=C(O)c2ccccc2C(=O)C1=O)c1cccc(O)c1. The topological polar surface area (TPSA) is 101 Å². The second-order valence-corrected chi connectivity index (χ2v) is 5.89. The van der Waals surface area contributed by atoms with E-state index in [0.29, 0.717) is 5.56 Å². The third-order valence-corrected chi connectivity index (χ3v) is 4.35. The number of aromatic hydroxyl groups is 1. The van der Waals surface area contributed by atoms with Gasteiger partial charge in [0.05, 0.1) is 19.1 Å². The van der Waals surface area contributed by atoms with E-state index in [9.17, 15) is 24.6 Å². The Bertz CT molecular complexity index is 941. The molecule has 0 bridgehead atoms. The lowest BCUT2D eigenvalue weighted by atomic mass is 9.78. The van der Waals surface area contributed by atoms with E-state index in [1.165, 1.54) is 31.4 Å². The van der Waals surface area contributed by atoms with E-state index < -0.39 is 23.5 Å². The van der Waals surface area contributed by atoms with Crippen LogP contribution in [0.25, 0.3) is 5.76 Å². The van der Waals surface area contributed by atoms with Crippen LogP contribution < -0.4 is 0 Å². The quantitative estimate of drug-likeness (QED) is 0.648. The molecule has 3 rings (SSSR count). The highest BCUT2D eigenvalue weighted by Gasteiger charge is 2.38. The predicted octanol–water partition coefficient (Wildman–Crippen LogP) is 2.77. The Hall–Kier alpha value is -3.41.